The Morgan fingerprint density at radius 2 is 2.10 bits per heavy atom. The van der Waals surface area contributed by atoms with Crippen molar-refractivity contribution in [3.8, 4) is 0 Å². The number of nitrogens with one attached hydrogen (secondary N) is 1. The predicted octanol–water partition coefficient (Wildman–Crippen LogP) is 0.224. The van der Waals surface area contributed by atoms with Gasteiger partial charge in [0.1, 0.15) is 0 Å². The SMILES string of the molecule is CC1(CO)CNCC1(F)F. The third kappa shape index (κ3) is 0.914. The molecule has 0 aromatic heterocycles. The summed E-state index contributed by atoms with van der Waals surface area (Å²) in [5.41, 5.74) is -1.26. The minimum absolute atomic E-state index is 0.191. The molecular weight excluding hydrogens is 140 g/mol. The molecule has 0 aromatic carbocycles. The maximum Gasteiger partial charge on any atom is 0.268 e. The molecule has 0 aromatic rings. The van der Waals surface area contributed by atoms with Crippen molar-refractivity contribution < 1.29 is 13.9 Å². The average molecular weight is 151 g/mol. The normalized spacial score (nSPS) is 38.4. The minimum Gasteiger partial charge on any atom is -0.396 e. The van der Waals surface area contributed by atoms with E-state index in [1.165, 1.54) is 6.92 Å². The van der Waals surface area contributed by atoms with Gasteiger partial charge < -0.3 is 10.4 Å². The van der Waals surface area contributed by atoms with Gasteiger partial charge in [0, 0.05) is 6.54 Å². The summed E-state index contributed by atoms with van der Waals surface area (Å²) in [6.07, 6.45) is 0. The summed E-state index contributed by atoms with van der Waals surface area (Å²) in [4.78, 5) is 0. The third-order valence-corrected chi connectivity index (χ3v) is 2.09. The summed E-state index contributed by atoms with van der Waals surface area (Å²) in [6.45, 7) is 0.792. The van der Waals surface area contributed by atoms with Gasteiger partial charge in [0.15, 0.2) is 0 Å². The molecule has 1 heterocycles. The highest BCUT2D eigenvalue weighted by Crippen LogP contribution is 2.38. The second-order valence-corrected chi connectivity index (χ2v) is 3.03. The molecule has 0 bridgehead atoms. The topological polar surface area (TPSA) is 32.3 Å². The number of aliphatic hydroxyl groups is 1. The van der Waals surface area contributed by atoms with E-state index in [4.69, 9.17) is 5.11 Å². The van der Waals surface area contributed by atoms with Gasteiger partial charge in [0.2, 0.25) is 0 Å². The second-order valence-electron chi connectivity index (χ2n) is 3.03. The molecule has 4 heteroatoms. The van der Waals surface area contributed by atoms with Crippen molar-refractivity contribution in [2.75, 3.05) is 19.7 Å². The van der Waals surface area contributed by atoms with Crippen molar-refractivity contribution in [1.29, 1.82) is 0 Å². The molecular formula is C6H11F2NO. The van der Waals surface area contributed by atoms with E-state index in [1.807, 2.05) is 0 Å². The molecule has 1 rings (SSSR count). The number of halogens is 2. The van der Waals surface area contributed by atoms with Crippen LogP contribution in [0.25, 0.3) is 0 Å². The number of hydrogen-bond donors (Lipinski definition) is 2. The van der Waals surface area contributed by atoms with E-state index in [1.54, 1.807) is 0 Å². The maximum absolute atomic E-state index is 12.8. The van der Waals surface area contributed by atoms with Crippen molar-refractivity contribution in [2.45, 2.75) is 12.8 Å². The lowest BCUT2D eigenvalue weighted by Crippen LogP contribution is -2.40. The van der Waals surface area contributed by atoms with E-state index in [2.05, 4.69) is 5.32 Å². The first-order valence-electron chi connectivity index (χ1n) is 3.21. The second kappa shape index (κ2) is 2.13. The summed E-state index contributed by atoms with van der Waals surface area (Å²) in [5.74, 6) is -2.76. The van der Waals surface area contributed by atoms with E-state index < -0.39 is 17.9 Å². The molecule has 60 valence electrons. The average Bonchev–Trinajstić information content (AvgIpc) is 2.10. The fourth-order valence-electron chi connectivity index (χ4n) is 1.01. The van der Waals surface area contributed by atoms with Gasteiger partial charge >= 0.3 is 0 Å². The van der Waals surface area contributed by atoms with Crippen LogP contribution in [0.3, 0.4) is 0 Å². The largest absolute Gasteiger partial charge is 0.396 e. The molecule has 2 nitrogen and oxygen atoms in total. The number of hydrogen-bond acceptors (Lipinski definition) is 2. The highest BCUT2D eigenvalue weighted by molar-refractivity contribution is 4.97. The van der Waals surface area contributed by atoms with Gasteiger partial charge in [-0.3, -0.25) is 0 Å². The lowest BCUT2D eigenvalue weighted by atomic mass is 9.87. The van der Waals surface area contributed by atoms with Crippen LogP contribution in [0.5, 0.6) is 0 Å². The van der Waals surface area contributed by atoms with Gasteiger partial charge in [-0.1, -0.05) is 6.92 Å². The van der Waals surface area contributed by atoms with Crippen LogP contribution in [-0.2, 0) is 0 Å². The Hall–Kier alpha value is -0.220. The zero-order valence-corrected chi connectivity index (χ0v) is 5.82. The molecule has 0 aliphatic carbocycles. The van der Waals surface area contributed by atoms with Crippen LogP contribution in [-0.4, -0.2) is 30.7 Å². The molecule has 1 saturated heterocycles. The number of alkyl halides is 2. The van der Waals surface area contributed by atoms with Crippen LogP contribution in [0.1, 0.15) is 6.92 Å². The summed E-state index contributed by atoms with van der Waals surface area (Å²) in [5, 5.41) is 11.2. The molecule has 0 saturated carbocycles. The highest BCUT2D eigenvalue weighted by atomic mass is 19.3. The Kier molecular flexibility index (Phi) is 1.68. The fourth-order valence-corrected chi connectivity index (χ4v) is 1.01. The maximum atomic E-state index is 12.8. The monoisotopic (exact) mass is 151 g/mol. The van der Waals surface area contributed by atoms with Gasteiger partial charge in [-0.25, -0.2) is 8.78 Å². The van der Waals surface area contributed by atoms with Crippen molar-refractivity contribution >= 4 is 0 Å². The number of rotatable bonds is 1. The molecule has 10 heavy (non-hydrogen) atoms. The molecule has 1 aliphatic heterocycles. The van der Waals surface area contributed by atoms with E-state index in [-0.39, 0.29) is 13.1 Å². The van der Waals surface area contributed by atoms with Gasteiger partial charge in [0.05, 0.1) is 18.6 Å². The van der Waals surface area contributed by atoms with Crippen molar-refractivity contribution in [1.82, 2.24) is 5.32 Å². The fraction of sp³-hybridized carbons (Fsp3) is 1.00. The van der Waals surface area contributed by atoms with E-state index in [9.17, 15) is 8.78 Å². The standard InChI is InChI=1S/C6H11F2NO/c1-5(4-10)2-9-3-6(5,7)8/h9-10H,2-4H2,1H3. The third-order valence-electron chi connectivity index (χ3n) is 2.09. The van der Waals surface area contributed by atoms with Gasteiger partial charge in [-0.15, -0.1) is 0 Å². The first-order valence-corrected chi connectivity index (χ1v) is 3.21. The molecule has 0 radical (unpaired) electrons. The van der Waals surface area contributed by atoms with Crippen LogP contribution in [0.15, 0.2) is 0 Å². The molecule has 1 aliphatic rings. The van der Waals surface area contributed by atoms with Crippen LogP contribution < -0.4 is 5.32 Å². The van der Waals surface area contributed by atoms with E-state index >= 15 is 0 Å². The van der Waals surface area contributed by atoms with Crippen LogP contribution in [0.2, 0.25) is 0 Å². The Morgan fingerprint density at radius 3 is 2.30 bits per heavy atom. The van der Waals surface area contributed by atoms with Gasteiger partial charge in [0.25, 0.3) is 5.92 Å². The van der Waals surface area contributed by atoms with Crippen LogP contribution >= 0.6 is 0 Å². The Labute approximate surface area is 58.2 Å². The number of aliphatic hydroxyl groups excluding tert-OH is 1. The summed E-state index contributed by atoms with van der Waals surface area (Å²) in [6, 6.07) is 0. The molecule has 0 amide bonds. The first-order chi connectivity index (χ1) is 4.52. The van der Waals surface area contributed by atoms with Crippen LogP contribution in [0.4, 0.5) is 8.78 Å². The summed E-state index contributed by atoms with van der Waals surface area (Å²) < 4.78 is 25.5. The first kappa shape index (κ1) is 7.88. The van der Waals surface area contributed by atoms with Crippen LogP contribution in [0, 0.1) is 5.41 Å². The van der Waals surface area contributed by atoms with Gasteiger partial charge in [-0.05, 0) is 0 Å². The lowest BCUT2D eigenvalue weighted by molar-refractivity contribution is -0.0956. The van der Waals surface area contributed by atoms with E-state index in [0.29, 0.717) is 0 Å². The van der Waals surface area contributed by atoms with Gasteiger partial charge in [-0.2, -0.15) is 0 Å². The highest BCUT2D eigenvalue weighted by Gasteiger charge is 2.53. The quantitative estimate of drug-likeness (QED) is 0.562. The molecule has 0 spiro atoms. The Bertz CT molecular complexity index is 140. The van der Waals surface area contributed by atoms with Crippen molar-refractivity contribution in [2.24, 2.45) is 5.41 Å². The Balaban J connectivity index is 2.76. The molecule has 1 fully saturated rings. The van der Waals surface area contributed by atoms with Crippen molar-refractivity contribution in [3.05, 3.63) is 0 Å². The smallest absolute Gasteiger partial charge is 0.268 e. The molecule has 2 N–H and O–H groups in total. The zero-order valence-electron chi connectivity index (χ0n) is 5.82. The van der Waals surface area contributed by atoms with E-state index in [0.717, 1.165) is 0 Å². The minimum atomic E-state index is -2.76. The predicted molar refractivity (Wildman–Crippen MR) is 33.0 cm³/mol. The zero-order chi connectivity index (χ0) is 7.83. The summed E-state index contributed by atoms with van der Waals surface area (Å²) in [7, 11) is 0. The van der Waals surface area contributed by atoms with Crippen molar-refractivity contribution in [3.63, 3.8) is 0 Å². The molecule has 1 unspecified atom stereocenters. The summed E-state index contributed by atoms with van der Waals surface area (Å²) >= 11 is 0. The Morgan fingerprint density at radius 1 is 1.50 bits per heavy atom. The lowest BCUT2D eigenvalue weighted by Gasteiger charge is -2.27. The molecule has 1 atom stereocenters.